The summed E-state index contributed by atoms with van der Waals surface area (Å²) in [7, 11) is 4.05. The molecule has 1 aromatic carbocycles. The summed E-state index contributed by atoms with van der Waals surface area (Å²) in [4.78, 5) is 6.73. The number of nitrogens with zero attached hydrogens (tertiary/aromatic N) is 2. The van der Waals surface area contributed by atoms with Crippen LogP contribution >= 0.6 is 12.2 Å². The highest BCUT2D eigenvalue weighted by molar-refractivity contribution is 7.80. The van der Waals surface area contributed by atoms with Crippen molar-refractivity contribution in [2.75, 3.05) is 24.3 Å². The summed E-state index contributed by atoms with van der Waals surface area (Å²) in [6, 6.07) is 9.84. The number of benzene rings is 1. The number of aryl methyl sites for hydroxylation is 1. The molecule has 0 atom stereocenters. The van der Waals surface area contributed by atoms with Gasteiger partial charge >= 0.3 is 0 Å². The number of hydrogen-bond acceptors (Lipinski definition) is 4. The second kappa shape index (κ2) is 5.88. The van der Waals surface area contributed by atoms with Gasteiger partial charge in [0, 0.05) is 37.2 Å². The summed E-state index contributed by atoms with van der Waals surface area (Å²) in [5, 5.41) is 3.27. The third-order valence-electron chi connectivity index (χ3n) is 3.01. The molecule has 0 aliphatic carbocycles. The van der Waals surface area contributed by atoms with Crippen molar-refractivity contribution in [3.8, 4) is 0 Å². The van der Waals surface area contributed by atoms with Crippen LogP contribution < -0.4 is 16.0 Å². The standard InChI is InChI=1S/C15H18N4S/c1-10-4-5-12(9-13(10)19(2)3)18-14-8-11(15(16)20)6-7-17-14/h4-9H,1-3H3,(H2,16,20)(H,17,18). The number of aromatic nitrogens is 1. The second-order valence-corrected chi connectivity index (χ2v) is 5.25. The Bertz CT molecular complexity index is 638. The average Bonchev–Trinajstić information content (AvgIpc) is 2.41. The lowest BCUT2D eigenvalue weighted by molar-refractivity contribution is 1.11. The number of nitrogens with one attached hydrogen (secondary N) is 1. The molecule has 0 saturated heterocycles. The summed E-state index contributed by atoms with van der Waals surface area (Å²) in [5.74, 6) is 0.726. The molecule has 5 heteroatoms. The first-order valence-corrected chi connectivity index (χ1v) is 6.69. The van der Waals surface area contributed by atoms with Gasteiger partial charge in [-0.2, -0.15) is 0 Å². The number of nitrogens with two attached hydrogens (primary N) is 1. The zero-order chi connectivity index (χ0) is 14.7. The monoisotopic (exact) mass is 286 g/mol. The largest absolute Gasteiger partial charge is 0.389 e. The summed E-state index contributed by atoms with van der Waals surface area (Å²) in [6.07, 6.45) is 1.69. The molecule has 0 aliphatic rings. The predicted molar refractivity (Wildman–Crippen MR) is 88.9 cm³/mol. The molecule has 0 aliphatic heterocycles. The fourth-order valence-electron chi connectivity index (χ4n) is 1.97. The van der Waals surface area contributed by atoms with Gasteiger partial charge in [-0.05, 0) is 36.8 Å². The van der Waals surface area contributed by atoms with Crippen LogP contribution in [-0.2, 0) is 0 Å². The highest BCUT2D eigenvalue weighted by Crippen LogP contribution is 2.24. The third-order valence-corrected chi connectivity index (χ3v) is 3.24. The van der Waals surface area contributed by atoms with Crippen LogP contribution in [0.3, 0.4) is 0 Å². The normalized spacial score (nSPS) is 10.2. The molecule has 1 aromatic heterocycles. The van der Waals surface area contributed by atoms with Gasteiger partial charge in [0.15, 0.2) is 0 Å². The van der Waals surface area contributed by atoms with Crippen molar-refractivity contribution in [2.45, 2.75) is 6.92 Å². The van der Waals surface area contributed by atoms with Crippen LogP contribution in [0, 0.1) is 6.92 Å². The molecule has 104 valence electrons. The number of pyridine rings is 1. The van der Waals surface area contributed by atoms with Gasteiger partial charge in [-0.25, -0.2) is 4.98 Å². The molecule has 0 spiro atoms. The lowest BCUT2D eigenvalue weighted by atomic mass is 10.1. The molecule has 0 amide bonds. The molecule has 2 rings (SSSR count). The first-order valence-electron chi connectivity index (χ1n) is 6.28. The Hall–Kier alpha value is -2.14. The molecule has 1 heterocycles. The van der Waals surface area contributed by atoms with Gasteiger partial charge in [-0.3, -0.25) is 0 Å². The fraction of sp³-hybridized carbons (Fsp3) is 0.200. The molecule has 0 radical (unpaired) electrons. The molecule has 2 aromatic rings. The smallest absolute Gasteiger partial charge is 0.130 e. The van der Waals surface area contributed by atoms with E-state index in [0.29, 0.717) is 4.99 Å². The fourth-order valence-corrected chi connectivity index (χ4v) is 2.10. The molecule has 0 bridgehead atoms. The maximum Gasteiger partial charge on any atom is 0.130 e. The van der Waals surface area contributed by atoms with E-state index in [-0.39, 0.29) is 0 Å². The van der Waals surface area contributed by atoms with Crippen LogP contribution in [0.4, 0.5) is 17.2 Å². The van der Waals surface area contributed by atoms with Crippen molar-refractivity contribution in [1.29, 1.82) is 0 Å². The zero-order valence-electron chi connectivity index (χ0n) is 11.8. The summed E-state index contributed by atoms with van der Waals surface area (Å²) >= 11 is 4.97. The van der Waals surface area contributed by atoms with Gasteiger partial charge in [0.25, 0.3) is 0 Å². The van der Waals surface area contributed by atoms with Crippen LogP contribution in [0.25, 0.3) is 0 Å². The van der Waals surface area contributed by atoms with Crippen molar-refractivity contribution < 1.29 is 0 Å². The van der Waals surface area contributed by atoms with Crippen molar-refractivity contribution in [2.24, 2.45) is 5.73 Å². The summed E-state index contributed by atoms with van der Waals surface area (Å²) < 4.78 is 0. The second-order valence-electron chi connectivity index (χ2n) is 4.81. The number of anilines is 3. The zero-order valence-corrected chi connectivity index (χ0v) is 12.7. The predicted octanol–water partition coefficient (Wildman–Crippen LogP) is 2.83. The highest BCUT2D eigenvalue weighted by Gasteiger charge is 2.04. The first-order chi connectivity index (χ1) is 9.47. The van der Waals surface area contributed by atoms with Crippen LogP contribution in [0.1, 0.15) is 11.1 Å². The topological polar surface area (TPSA) is 54.2 Å². The molecule has 4 nitrogen and oxygen atoms in total. The molecule has 20 heavy (non-hydrogen) atoms. The molecule has 0 unspecified atom stereocenters. The van der Waals surface area contributed by atoms with E-state index >= 15 is 0 Å². The third kappa shape index (κ3) is 3.24. The lowest BCUT2D eigenvalue weighted by Crippen LogP contribution is -2.11. The number of thiocarbonyl (C=S) groups is 1. The van der Waals surface area contributed by atoms with Gasteiger partial charge in [0.1, 0.15) is 10.8 Å². The Morgan fingerprint density at radius 1 is 1.25 bits per heavy atom. The van der Waals surface area contributed by atoms with Gasteiger partial charge in [0.05, 0.1) is 0 Å². The Labute approximate surface area is 124 Å². The molecule has 0 saturated carbocycles. The molecule has 3 N–H and O–H groups in total. The van der Waals surface area contributed by atoms with Crippen LogP contribution in [0.15, 0.2) is 36.5 Å². The number of hydrogen-bond donors (Lipinski definition) is 2. The van der Waals surface area contributed by atoms with Crippen molar-refractivity contribution in [3.05, 3.63) is 47.7 Å². The summed E-state index contributed by atoms with van der Waals surface area (Å²) in [5.41, 5.74) is 9.81. The van der Waals surface area contributed by atoms with Crippen LogP contribution in [0.2, 0.25) is 0 Å². The van der Waals surface area contributed by atoms with Crippen molar-refractivity contribution >= 4 is 34.4 Å². The van der Waals surface area contributed by atoms with Gasteiger partial charge in [0.2, 0.25) is 0 Å². The van der Waals surface area contributed by atoms with E-state index in [1.54, 1.807) is 12.3 Å². The van der Waals surface area contributed by atoms with E-state index in [4.69, 9.17) is 18.0 Å². The number of rotatable bonds is 4. The van der Waals surface area contributed by atoms with E-state index in [1.165, 1.54) is 11.3 Å². The van der Waals surface area contributed by atoms with Gasteiger partial charge < -0.3 is 16.0 Å². The Kier molecular flexibility index (Phi) is 4.20. The maximum absolute atomic E-state index is 5.63. The SMILES string of the molecule is Cc1ccc(Nc2cc(C(N)=S)ccn2)cc1N(C)C. The molecular formula is C15H18N4S. The van der Waals surface area contributed by atoms with Crippen LogP contribution in [-0.4, -0.2) is 24.1 Å². The Morgan fingerprint density at radius 3 is 2.65 bits per heavy atom. The highest BCUT2D eigenvalue weighted by atomic mass is 32.1. The van der Waals surface area contributed by atoms with E-state index in [2.05, 4.69) is 34.3 Å². The van der Waals surface area contributed by atoms with Crippen LogP contribution in [0.5, 0.6) is 0 Å². The minimum atomic E-state index is 0.369. The Balaban J connectivity index is 2.28. The minimum Gasteiger partial charge on any atom is -0.389 e. The Morgan fingerprint density at radius 2 is 2.00 bits per heavy atom. The van der Waals surface area contributed by atoms with E-state index < -0.39 is 0 Å². The molecule has 0 fully saturated rings. The first kappa shape index (κ1) is 14.3. The van der Waals surface area contributed by atoms with E-state index in [0.717, 1.165) is 17.1 Å². The summed E-state index contributed by atoms with van der Waals surface area (Å²) in [6.45, 7) is 2.09. The average molecular weight is 286 g/mol. The molecular weight excluding hydrogens is 268 g/mol. The van der Waals surface area contributed by atoms with Gasteiger partial charge in [-0.15, -0.1) is 0 Å². The van der Waals surface area contributed by atoms with E-state index in [1.807, 2.05) is 26.2 Å². The van der Waals surface area contributed by atoms with Crippen molar-refractivity contribution in [3.63, 3.8) is 0 Å². The van der Waals surface area contributed by atoms with Crippen molar-refractivity contribution in [1.82, 2.24) is 4.98 Å². The van der Waals surface area contributed by atoms with Gasteiger partial charge in [-0.1, -0.05) is 18.3 Å². The lowest BCUT2D eigenvalue weighted by Gasteiger charge is -2.17. The minimum absolute atomic E-state index is 0.369. The van der Waals surface area contributed by atoms with E-state index in [9.17, 15) is 0 Å². The maximum atomic E-state index is 5.63. The quantitative estimate of drug-likeness (QED) is 0.847.